The molecule has 0 radical (unpaired) electrons. The summed E-state index contributed by atoms with van der Waals surface area (Å²) in [4.78, 5) is 23.3. The van der Waals surface area contributed by atoms with Gasteiger partial charge in [-0.2, -0.15) is 0 Å². The Morgan fingerprint density at radius 1 is 1.39 bits per heavy atom. The summed E-state index contributed by atoms with van der Waals surface area (Å²) in [6.07, 6.45) is 2.03. The van der Waals surface area contributed by atoms with Crippen LogP contribution >= 0.6 is 11.5 Å². The van der Waals surface area contributed by atoms with Crippen LogP contribution in [0.15, 0.2) is 24.3 Å². The highest BCUT2D eigenvalue weighted by Crippen LogP contribution is 2.28. The summed E-state index contributed by atoms with van der Waals surface area (Å²) in [6, 6.07) is 8.03. The Morgan fingerprint density at radius 2 is 2.26 bits per heavy atom. The summed E-state index contributed by atoms with van der Waals surface area (Å²) in [5.74, 6) is 1.27. The Balaban J connectivity index is 1.57. The minimum absolute atomic E-state index is 0.0401. The predicted octanol–water partition coefficient (Wildman–Crippen LogP) is 2.74. The number of rotatable bonds is 2. The molecule has 23 heavy (non-hydrogen) atoms. The molecule has 2 aromatic heterocycles. The number of H-pyrrole nitrogens is 1. The van der Waals surface area contributed by atoms with Crippen molar-refractivity contribution in [3.63, 3.8) is 0 Å². The Labute approximate surface area is 137 Å². The van der Waals surface area contributed by atoms with Crippen molar-refractivity contribution < 1.29 is 4.79 Å². The van der Waals surface area contributed by atoms with E-state index < -0.39 is 0 Å². The molecule has 3 heterocycles. The first kappa shape index (κ1) is 14.3. The third-order valence-corrected chi connectivity index (χ3v) is 5.16. The highest BCUT2D eigenvalue weighted by Gasteiger charge is 2.29. The lowest BCUT2D eigenvalue weighted by atomic mass is 9.97. The third kappa shape index (κ3) is 2.61. The number of hydrogen-bond donors (Lipinski definition) is 1. The Kier molecular flexibility index (Phi) is 3.57. The minimum Gasteiger partial charge on any atom is -0.342 e. The zero-order chi connectivity index (χ0) is 15.8. The van der Waals surface area contributed by atoms with E-state index in [4.69, 9.17) is 4.98 Å². The molecule has 1 amide bonds. The lowest BCUT2D eigenvalue weighted by Crippen LogP contribution is -2.39. The molecule has 1 N–H and O–H groups in total. The number of piperidine rings is 1. The summed E-state index contributed by atoms with van der Waals surface area (Å²) in [6.45, 7) is 3.31. The summed E-state index contributed by atoms with van der Waals surface area (Å²) in [7, 11) is 0. The van der Waals surface area contributed by atoms with Gasteiger partial charge in [-0.1, -0.05) is 16.6 Å². The summed E-state index contributed by atoms with van der Waals surface area (Å²) in [5.41, 5.74) is 2.74. The summed E-state index contributed by atoms with van der Waals surface area (Å²) < 4.78 is 3.87. The number of carbonyl (C=O) groups excluding carboxylic acids is 1. The fraction of sp³-hybridized carbons (Fsp3) is 0.375. The van der Waals surface area contributed by atoms with Crippen LogP contribution in [0.1, 0.15) is 39.9 Å². The third-order valence-electron chi connectivity index (χ3n) is 4.35. The molecule has 1 aliphatic rings. The molecule has 118 valence electrons. The normalized spacial score (nSPS) is 18.5. The van der Waals surface area contributed by atoms with Gasteiger partial charge in [0, 0.05) is 19.0 Å². The highest BCUT2D eigenvalue weighted by atomic mass is 32.1. The van der Waals surface area contributed by atoms with E-state index in [-0.39, 0.29) is 11.8 Å². The SMILES string of the molecule is Cc1nnsc1C(=O)N1CCCC(c2nc3ccccc3[nH]2)C1. The molecule has 1 saturated heterocycles. The number of aromatic nitrogens is 4. The first-order valence-electron chi connectivity index (χ1n) is 7.75. The fourth-order valence-electron chi connectivity index (χ4n) is 3.12. The number of aryl methyl sites for hydroxylation is 1. The maximum absolute atomic E-state index is 12.7. The van der Waals surface area contributed by atoms with Gasteiger partial charge in [-0.3, -0.25) is 4.79 Å². The first-order chi connectivity index (χ1) is 11.2. The molecule has 1 unspecified atom stereocenters. The number of carbonyl (C=O) groups is 1. The Hall–Kier alpha value is -2.28. The van der Waals surface area contributed by atoms with E-state index in [2.05, 4.69) is 14.6 Å². The van der Waals surface area contributed by atoms with Crippen molar-refractivity contribution in [2.75, 3.05) is 13.1 Å². The fourth-order valence-corrected chi connectivity index (χ4v) is 3.75. The molecule has 6 nitrogen and oxygen atoms in total. The predicted molar refractivity (Wildman–Crippen MR) is 88.6 cm³/mol. The Bertz CT molecular complexity index is 822. The number of nitrogens with zero attached hydrogens (tertiary/aromatic N) is 4. The topological polar surface area (TPSA) is 74.8 Å². The van der Waals surface area contributed by atoms with Crippen LogP contribution in [0.25, 0.3) is 11.0 Å². The molecule has 0 aliphatic carbocycles. The van der Waals surface area contributed by atoms with Crippen LogP contribution in [0.4, 0.5) is 0 Å². The monoisotopic (exact) mass is 327 g/mol. The number of nitrogens with one attached hydrogen (secondary N) is 1. The van der Waals surface area contributed by atoms with Crippen molar-refractivity contribution in [1.29, 1.82) is 0 Å². The van der Waals surface area contributed by atoms with Crippen molar-refractivity contribution in [3.05, 3.63) is 40.7 Å². The van der Waals surface area contributed by atoms with Crippen LogP contribution in [0.2, 0.25) is 0 Å². The molecule has 4 rings (SSSR count). The van der Waals surface area contributed by atoms with Gasteiger partial charge in [0.2, 0.25) is 0 Å². The van der Waals surface area contributed by atoms with E-state index in [1.54, 1.807) is 0 Å². The van der Waals surface area contributed by atoms with Gasteiger partial charge in [-0.15, -0.1) is 5.10 Å². The molecule has 0 bridgehead atoms. The molecule has 1 fully saturated rings. The van der Waals surface area contributed by atoms with Gasteiger partial charge in [-0.25, -0.2) is 4.98 Å². The van der Waals surface area contributed by atoms with E-state index in [1.165, 1.54) is 11.5 Å². The molecule has 1 aliphatic heterocycles. The standard InChI is InChI=1S/C16H17N5OS/c1-10-14(23-20-19-10)16(22)21-8-4-5-11(9-21)15-17-12-6-2-3-7-13(12)18-15/h2-3,6-7,11H,4-5,8-9H2,1H3,(H,17,18). The number of hydrogen-bond acceptors (Lipinski definition) is 5. The number of aromatic amines is 1. The van der Waals surface area contributed by atoms with Crippen molar-refractivity contribution in [2.24, 2.45) is 0 Å². The second-order valence-corrected chi connectivity index (χ2v) is 6.67. The van der Waals surface area contributed by atoms with E-state index in [0.29, 0.717) is 17.1 Å². The first-order valence-corrected chi connectivity index (χ1v) is 8.52. The number of benzene rings is 1. The number of fused-ring (bicyclic) bond motifs is 1. The van der Waals surface area contributed by atoms with Crippen molar-refractivity contribution in [3.8, 4) is 0 Å². The van der Waals surface area contributed by atoms with Gasteiger partial charge in [-0.05, 0) is 43.4 Å². The largest absolute Gasteiger partial charge is 0.342 e. The molecule has 7 heteroatoms. The zero-order valence-corrected chi connectivity index (χ0v) is 13.6. The van der Waals surface area contributed by atoms with Crippen molar-refractivity contribution in [1.82, 2.24) is 24.5 Å². The highest BCUT2D eigenvalue weighted by molar-refractivity contribution is 7.07. The number of para-hydroxylation sites is 2. The van der Waals surface area contributed by atoms with E-state index in [9.17, 15) is 4.79 Å². The average molecular weight is 327 g/mol. The molecule has 0 saturated carbocycles. The van der Waals surface area contributed by atoms with Gasteiger partial charge >= 0.3 is 0 Å². The van der Waals surface area contributed by atoms with Gasteiger partial charge in [0.05, 0.1) is 16.7 Å². The van der Waals surface area contributed by atoms with E-state index in [1.807, 2.05) is 36.1 Å². The molecule has 1 aromatic carbocycles. The number of amides is 1. The number of imidazole rings is 1. The van der Waals surface area contributed by atoms with Gasteiger partial charge in [0.15, 0.2) is 0 Å². The maximum atomic E-state index is 12.7. The van der Waals surface area contributed by atoms with Crippen molar-refractivity contribution >= 4 is 28.5 Å². The van der Waals surface area contributed by atoms with Crippen LogP contribution in [0.3, 0.4) is 0 Å². The molecular formula is C16H17N5OS. The summed E-state index contributed by atoms with van der Waals surface area (Å²) >= 11 is 1.18. The molecule has 3 aromatic rings. The average Bonchev–Trinajstić information content (AvgIpc) is 3.20. The molecule has 0 spiro atoms. The van der Waals surface area contributed by atoms with Crippen molar-refractivity contribution in [2.45, 2.75) is 25.7 Å². The quantitative estimate of drug-likeness (QED) is 0.785. The molecule has 1 atom stereocenters. The van der Waals surface area contributed by atoms with Crippen LogP contribution in [-0.2, 0) is 0 Å². The second-order valence-electron chi connectivity index (χ2n) is 5.92. The second kappa shape index (κ2) is 5.73. The van der Waals surface area contributed by atoms with E-state index >= 15 is 0 Å². The number of likely N-dealkylation sites (tertiary alicyclic amines) is 1. The minimum atomic E-state index is 0.0401. The van der Waals surface area contributed by atoms with Crippen LogP contribution in [0, 0.1) is 6.92 Å². The maximum Gasteiger partial charge on any atom is 0.267 e. The molecular weight excluding hydrogens is 310 g/mol. The van der Waals surface area contributed by atoms with Crippen LogP contribution in [0.5, 0.6) is 0 Å². The summed E-state index contributed by atoms with van der Waals surface area (Å²) in [5, 5.41) is 3.94. The van der Waals surface area contributed by atoms with Crippen LogP contribution in [-0.4, -0.2) is 43.5 Å². The zero-order valence-electron chi connectivity index (χ0n) is 12.8. The van der Waals surface area contributed by atoms with E-state index in [0.717, 1.165) is 36.2 Å². The Morgan fingerprint density at radius 3 is 3.04 bits per heavy atom. The van der Waals surface area contributed by atoms with Gasteiger partial charge < -0.3 is 9.88 Å². The van der Waals surface area contributed by atoms with Crippen LogP contribution < -0.4 is 0 Å². The van der Waals surface area contributed by atoms with Gasteiger partial charge in [0.25, 0.3) is 5.91 Å². The van der Waals surface area contributed by atoms with Gasteiger partial charge in [0.1, 0.15) is 10.7 Å². The lowest BCUT2D eigenvalue weighted by molar-refractivity contribution is 0.0709. The smallest absolute Gasteiger partial charge is 0.267 e. The lowest BCUT2D eigenvalue weighted by Gasteiger charge is -2.31.